The lowest BCUT2D eigenvalue weighted by Crippen LogP contribution is -3.00. The molecule has 2 heterocycles. The Hall–Kier alpha value is -13.9. The SMILES string of the molecule is C.C.CC1=CC=C2Oc3ccc(C)cc3OC2(F)[CH-]1.CC1=C[CH-]C(F)(Oc2ccc(C)cc2)C=C1.Cc1ccc(F)c(F)c1.Cc1ccc(F)cc1.Cc1ccc(O)c(O)c1.Cc1ccc(O)cc1.Cc1ccc(OC2(F)C=C[C-](C)C=C2F)c(O)c1.Cc1ccc(Oc2ccc(C)cc2)cc1.Cc1ccc2c(c1)Oc1cc(C)ccc1O2.F.F.F.F.F.F.F.[F-].[F-].[F-]. The number of fused-ring (bicyclic) bond motifs is 4. The smallest absolute Gasteiger partial charge is 0.261 e. The quantitative estimate of drug-likeness (QED) is 0.0717. The van der Waals surface area contributed by atoms with Crippen LogP contribution in [0.25, 0.3) is 0 Å². The van der Waals surface area contributed by atoms with Gasteiger partial charge in [-0.15, -0.1) is 31.6 Å². The fourth-order valence-corrected chi connectivity index (χ4v) is 10.5. The molecule has 16 rings (SSSR count). The van der Waals surface area contributed by atoms with Crippen LogP contribution in [0.3, 0.4) is 0 Å². The molecule has 0 spiro atoms. The predicted molar refractivity (Wildman–Crippen MR) is 475 cm³/mol. The Bertz CT molecular complexity index is 5100. The van der Waals surface area contributed by atoms with Crippen molar-refractivity contribution in [2.24, 2.45) is 0 Å². The normalized spacial score (nSPS) is 14.7. The average molecular weight is 1810 g/mol. The summed E-state index contributed by atoms with van der Waals surface area (Å²) in [6.45, 7) is 26.7. The molecule has 0 amide bonds. The zero-order valence-corrected chi connectivity index (χ0v) is 71.0. The molecule has 2 aliphatic heterocycles. The van der Waals surface area contributed by atoms with Crippen molar-refractivity contribution in [2.45, 2.75) is 129 Å². The van der Waals surface area contributed by atoms with Crippen LogP contribution in [0.2, 0.25) is 0 Å². The van der Waals surface area contributed by atoms with E-state index in [9.17, 15) is 35.8 Å². The van der Waals surface area contributed by atoms with Gasteiger partial charge in [-0.1, -0.05) is 160 Å². The molecule has 0 radical (unpaired) electrons. The van der Waals surface area contributed by atoms with Crippen molar-refractivity contribution >= 4 is 0 Å². The predicted octanol–water partition coefficient (Wildman–Crippen LogP) is 20.2. The minimum Gasteiger partial charge on any atom is -1.00 e. The molecule has 3 aliphatic carbocycles. The summed E-state index contributed by atoms with van der Waals surface area (Å²) in [4.78, 5) is 0. The monoisotopic (exact) mass is 1810 g/mol. The van der Waals surface area contributed by atoms with Gasteiger partial charge in [-0.25, -0.2) is 44.1 Å². The number of rotatable bonds is 6. The van der Waals surface area contributed by atoms with Crippen LogP contribution < -0.4 is 47.3 Å². The Labute approximate surface area is 737 Å². The Morgan fingerprint density at radius 1 is 0.375 bits per heavy atom. The minimum atomic E-state index is -2.66. The van der Waals surface area contributed by atoms with E-state index in [4.69, 9.17) is 48.5 Å². The average Bonchev–Trinajstić information content (AvgIpc) is 0.767. The van der Waals surface area contributed by atoms with E-state index in [0.717, 1.165) is 103 Å². The Morgan fingerprint density at radius 2 is 0.766 bits per heavy atom. The van der Waals surface area contributed by atoms with Crippen molar-refractivity contribution in [3.63, 3.8) is 0 Å². The van der Waals surface area contributed by atoms with Gasteiger partial charge in [-0.2, -0.15) is 24.0 Å². The number of ether oxygens (including phenoxy) is 7. The number of aryl methyl sites for hydroxylation is 11. The van der Waals surface area contributed by atoms with Crippen LogP contribution in [-0.2, 0) is 0 Å². The van der Waals surface area contributed by atoms with E-state index in [2.05, 4.69) is 13.8 Å². The van der Waals surface area contributed by atoms with Crippen molar-refractivity contribution < 1.29 is 131 Å². The third-order valence-electron chi connectivity index (χ3n) is 17.0. The maximum absolute atomic E-state index is 14.6. The number of aromatic hydroxyl groups is 4. The fraction of sp³-hybridized carbons (Fsp3) is 0.190. The van der Waals surface area contributed by atoms with E-state index in [1.54, 1.807) is 106 Å². The summed E-state index contributed by atoms with van der Waals surface area (Å²) < 4.78 is 131. The maximum atomic E-state index is 14.6. The Morgan fingerprint density at radius 3 is 1.18 bits per heavy atom. The molecule has 11 aromatic carbocycles. The number of allylic oxidation sites excluding steroid dienone is 6. The van der Waals surface area contributed by atoms with Gasteiger partial charge in [0.15, 0.2) is 69.1 Å². The third kappa shape index (κ3) is 38.7. The molecule has 0 saturated carbocycles. The summed E-state index contributed by atoms with van der Waals surface area (Å²) >= 11 is 0. The highest BCUT2D eigenvalue weighted by Gasteiger charge is 2.40. The van der Waals surface area contributed by atoms with Gasteiger partial charge < -0.3 is 67.7 Å². The molecule has 3 atom stereocenters. The minimum absolute atomic E-state index is 0. The summed E-state index contributed by atoms with van der Waals surface area (Å²) in [7, 11) is 0. The number of alkyl halides is 3. The fourth-order valence-electron chi connectivity index (χ4n) is 10.5. The second kappa shape index (κ2) is 56.8. The van der Waals surface area contributed by atoms with E-state index in [1.807, 2.05) is 178 Å². The van der Waals surface area contributed by atoms with Crippen molar-refractivity contribution in [3.05, 3.63) is 399 Å². The highest BCUT2D eigenvalue weighted by atomic mass is 19.2. The van der Waals surface area contributed by atoms with Crippen LogP contribution >= 0.6 is 0 Å². The number of halogens is 17. The highest BCUT2D eigenvalue weighted by Crippen LogP contribution is 2.47. The number of hydrogen-bond donors (Lipinski definition) is 4. The van der Waals surface area contributed by atoms with E-state index in [0.29, 0.717) is 28.9 Å². The first-order chi connectivity index (χ1) is 55.0. The van der Waals surface area contributed by atoms with Crippen LogP contribution in [0.1, 0.15) is 96.8 Å². The molecule has 700 valence electrons. The first-order valence-electron chi connectivity index (χ1n) is 36.9. The lowest BCUT2D eigenvalue weighted by atomic mass is 9.99. The van der Waals surface area contributed by atoms with Crippen LogP contribution in [0, 0.1) is 112 Å². The summed E-state index contributed by atoms with van der Waals surface area (Å²) in [5.41, 5.74) is 13.5. The third-order valence-corrected chi connectivity index (χ3v) is 17.0. The van der Waals surface area contributed by atoms with Crippen LogP contribution in [0.5, 0.6) is 80.5 Å². The molecule has 0 bridgehead atoms. The maximum Gasteiger partial charge on any atom is 0.261 e. The van der Waals surface area contributed by atoms with Crippen molar-refractivity contribution in [1.82, 2.24) is 0 Å². The van der Waals surface area contributed by atoms with Crippen molar-refractivity contribution in [2.75, 3.05) is 0 Å². The molecule has 0 aromatic heterocycles. The summed E-state index contributed by atoms with van der Waals surface area (Å²) in [5.74, 6) is -2.17. The lowest BCUT2D eigenvalue weighted by Gasteiger charge is -2.40. The van der Waals surface area contributed by atoms with E-state index >= 15 is 0 Å². The number of phenolic OH excluding ortho intramolecular Hbond substituents is 4. The van der Waals surface area contributed by atoms with E-state index in [-0.39, 0.29) is 96.5 Å². The summed E-state index contributed by atoms with van der Waals surface area (Å²) in [6.07, 6.45) is 14.6. The Balaban J connectivity index is -0.000000444. The van der Waals surface area contributed by atoms with Crippen molar-refractivity contribution in [3.8, 4) is 80.5 Å². The van der Waals surface area contributed by atoms with Gasteiger partial charge in [0.25, 0.3) is 5.85 Å². The van der Waals surface area contributed by atoms with Gasteiger partial charge in [0, 0.05) is 0 Å². The van der Waals surface area contributed by atoms with Gasteiger partial charge in [0.1, 0.15) is 34.6 Å². The topological polar surface area (TPSA) is 146 Å². The number of benzene rings is 11. The zero-order valence-electron chi connectivity index (χ0n) is 71.0. The summed E-state index contributed by atoms with van der Waals surface area (Å²) in [6, 6.07) is 67.2. The molecule has 128 heavy (non-hydrogen) atoms. The van der Waals surface area contributed by atoms with Gasteiger partial charge in [0.05, 0.1) is 5.83 Å². The standard InChI is InChI=1S/C14H13F2O2.C14H12FO2.C14H14FO.C14H12O2.C14H14O.C7H6F2.C7H7F.C7H8O2.C7H8O.2CH4.10FH/c1-9-3-4-12(11(17)7-9)18-14(16)6-5-10(2)8-13(14)15;1-9-3-5-11-12(7-9)17-14(15)8-10(2)4-6-13(14)16-11;1-11-3-5-13(6-4-11)16-14(15)9-7-12(2)8-10-14;1-9-3-5-11-13(7-9)16-14-8-10(2)4-6-12(14)15-11;1-11-3-7-13(8-4-11)15-14-9-5-12(2)6-10-14;1-5-2-3-6(8)7(9)4-5;1-6-2-4-7(8)5-3-6;1-5-2-3-6(8)7(9)4-5;1-6-2-4-7(8)5-3-6;;;;;;;;;;;;/h3-8,17H,1-2H3;3-8H,1-2H3;3-10H,1-2H3;3-8H,1-2H3;3-10H,1-2H3;2-4H,1H3;2-5H,1H3;2-4,8-9H,1H3;2-5,8H,1H3;2*1H4;10*1H/q3*-1;;;;;;;;;;;;;;;;;;/p-3. The van der Waals surface area contributed by atoms with Gasteiger partial charge >= 0.3 is 0 Å². The van der Waals surface area contributed by atoms with Crippen molar-refractivity contribution in [1.29, 1.82) is 0 Å². The Kier molecular flexibility index (Phi) is 54.4. The molecule has 11 aromatic rings. The summed E-state index contributed by atoms with van der Waals surface area (Å²) in [5, 5.41) is 36.0. The largest absolute Gasteiger partial charge is 1.00 e. The second-order valence-electron chi connectivity index (χ2n) is 28.1. The molecule has 28 heteroatoms. The lowest BCUT2D eigenvalue weighted by molar-refractivity contribution is -0.0417. The molecular weight excluding hydrogens is 1700 g/mol. The first-order valence-corrected chi connectivity index (χ1v) is 36.9. The number of hydrogen-bond acceptors (Lipinski definition) is 11. The molecule has 0 saturated heterocycles. The molecule has 11 nitrogen and oxygen atoms in total. The van der Waals surface area contributed by atoms with Gasteiger partial charge in [-0.3, -0.25) is 37.3 Å². The van der Waals surface area contributed by atoms with E-state index < -0.39 is 35.0 Å². The van der Waals surface area contributed by atoms with E-state index in [1.165, 1.54) is 95.3 Å². The molecule has 3 unspecified atom stereocenters. The first kappa shape index (κ1) is 123. The second-order valence-corrected chi connectivity index (χ2v) is 28.1. The zero-order chi connectivity index (χ0) is 84.4. The molecule has 0 fully saturated rings. The molecule has 5 aliphatic rings. The van der Waals surface area contributed by atoms with Crippen LogP contribution in [0.4, 0.5) is 63.7 Å². The van der Waals surface area contributed by atoms with Crippen LogP contribution in [-0.4, -0.2) is 38.0 Å². The van der Waals surface area contributed by atoms with Gasteiger partial charge in [-0.05, 0) is 249 Å². The van der Waals surface area contributed by atoms with Crippen LogP contribution in [0.15, 0.2) is 302 Å². The number of phenols is 4. The van der Waals surface area contributed by atoms with Gasteiger partial charge in [0.2, 0.25) is 11.7 Å². The molecule has 4 N–H and O–H groups in total. The highest BCUT2D eigenvalue weighted by molar-refractivity contribution is 5.57. The molecular formula is C100H109F17O11-6.